The lowest BCUT2D eigenvalue weighted by atomic mass is 10.0. The first-order chi connectivity index (χ1) is 13.2. The zero-order valence-electron chi connectivity index (χ0n) is 17.3. The molecule has 0 unspecified atom stereocenters. The normalized spacial score (nSPS) is 12.0. The van der Waals surface area contributed by atoms with Crippen LogP contribution in [0.15, 0.2) is 42.5 Å². The predicted molar refractivity (Wildman–Crippen MR) is 114 cm³/mol. The van der Waals surface area contributed by atoms with Crippen molar-refractivity contribution in [3.05, 3.63) is 69.7 Å². The predicted octanol–water partition coefficient (Wildman–Crippen LogP) is 4.44. The largest absolute Gasteiger partial charge is 0.352 e. The van der Waals surface area contributed by atoms with Crippen molar-refractivity contribution in [1.29, 1.82) is 0 Å². The van der Waals surface area contributed by atoms with Crippen LogP contribution in [0.4, 0.5) is 0 Å². The summed E-state index contributed by atoms with van der Waals surface area (Å²) in [5.41, 5.74) is 4.11. The molecule has 0 saturated carbocycles. The number of aryl methyl sites for hydroxylation is 2. The van der Waals surface area contributed by atoms with E-state index >= 15 is 0 Å². The van der Waals surface area contributed by atoms with Gasteiger partial charge in [-0.1, -0.05) is 47.5 Å². The van der Waals surface area contributed by atoms with E-state index in [1.54, 1.807) is 24.0 Å². The van der Waals surface area contributed by atoms with Gasteiger partial charge in [-0.25, -0.2) is 0 Å². The highest BCUT2D eigenvalue weighted by Gasteiger charge is 2.26. The Labute approximate surface area is 172 Å². The monoisotopic (exact) mass is 400 g/mol. The number of hydrogen-bond acceptors (Lipinski definition) is 2. The molecule has 0 saturated heterocycles. The molecule has 150 valence electrons. The lowest BCUT2D eigenvalue weighted by molar-refractivity contribution is -0.140. The van der Waals surface area contributed by atoms with Crippen molar-refractivity contribution in [3.8, 4) is 0 Å². The Kier molecular flexibility index (Phi) is 7.64. The van der Waals surface area contributed by atoms with Crippen LogP contribution in [0, 0.1) is 13.8 Å². The molecule has 2 aromatic rings. The lowest BCUT2D eigenvalue weighted by Crippen LogP contribution is -2.49. The second-order valence-corrected chi connectivity index (χ2v) is 8.03. The van der Waals surface area contributed by atoms with E-state index in [-0.39, 0.29) is 24.3 Å². The van der Waals surface area contributed by atoms with Crippen LogP contribution in [0.5, 0.6) is 0 Å². The van der Waals surface area contributed by atoms with Crippen molar-refractivity contribution in [2.24, 2.45) is 0 Å². The summed E-state index contributed by atoms with van der Waals surface area (Å²) >= 11 is 5.98. The summed E-state index contributed by atoms with van der Waals surface area (Å²) in [6.45, 7) is 9.96. The van der Waals surface area contributed by atoms with Crippen molar-refractivity contribution in [2.75, 3.05) is 0 Å². The van der Waals surface area contributed by atoms with Crippen molar-refractivity contribution in [3.63, 3.8) is 0 Å². The van der Waals surface area contributed by atoms with Gasteiger partial charge in [0.25, 0.3) is 0 Å². The Hall–Kier alpha value is -2.33. The van der Waals surface area contributed by atoms with Gasteiger partial charge in [0.15, 0.2) is 0 Å². The van der Waals surface area contributed by atoms with Gasteiger partial charge in [-0.05, 0) is 63.4 Å². The van der Waals surface area contributed by atoms with Gasteiger partial charge in [0.1, 0.15) is 6.04 Å². The highest BCUT2D eigenvalue weighted by molar-refractivity contribution is 6.30. The molecule has 0 radical (unpaired) electrons. The molecule has 0 aliphatic heterocycles. The van der Waals surface area contributed by atoms with Crippen molar-refractivity contribution >= 4 is 23.4 Å². The van der Waals surface area contributed by atoms with Gasteiger partial charge in [-0.15, -0.1) is 0 Å². The minimum atomic E-state index is -0.573. The number of carbonyl (C=O) groups is 2. The van der Waals surface area contributed by atoms with Gasteiger partial charge in [-0.2, -0.15) is 0 Å². The third-order valence-electron chi connectivity index (χ3n) is 4.71. The molecule has 5 heteroatoms. The molecule has 0 aliphatic carbocycles. The van der Waals surface area contributed by atoms with Gasteiger partial charge in [0.2, 0.25) is 11.8 Å². The van der Waals surface area contributed by atoms with Gasteiger partial charge in [0.05, 0.1) is 6.42 Å². The van der Waals surface area contributed by atoms with Crippen molar-refractivity contribution in [1.82, 2.24) is 10.2 Å². The van der Waals surface area contributed by atoms with Crippen LogP contribution in [0.3, 0.4) is 0 Å². The Morgan fingerprint density at radius 2 is 1.68 bits per heavy atom. The average Bonchev–Trinajstić information content (AvgIpc) is 2.63. The Morgan fingerprint density at radius 1 is 1.04 bits per heavy atom. The SMILES string of the molecule is Cc1ccc(C)c(CC(=O)N(Cc2ccc(Cl)cc2)[C@H](C)C(=O)NC(C)C)c1. The van der Waals surface area contributed by atoms with E-state index < -0.39 is 6.04 Å². The summed E-state index contributed by atoms with van der Waals surface area (Å²) in [6, 6.07) is 12.9. The van der Waals surface area contributed by atoms with Crippen LogP contribution in [-0.4, -0.2) is 28.8 Å². The summed E-state index contributed by atoms with van der Waals surface area (Å²) in [5.74, 6) is -0.228. The molecule has 4 nitrogen and oxygen atoms in total. The number of nitrogens with one attached hydrogen (secondary N) is 1. The topological polar surface area (TPSA) is 49.4 Å². The molecule has 1 atom stereocenters. The number of hydrogen-bond donors (Lipinski definition) is 1. The third-order valence-corrected chi connectivity index (χ3v) is 4.96. The van der Waals surface area contributed by atoms with Crippen LogP contribution in [0.2, 0.25) is 5.02 Å². The summed E-state index contributed by atoms with van der Waals surface area (Å²) in [7, 11) is 0. The zero-order valence-corrected chi connectivity index (χ0v) is 18.0. The third kappa shape index (κ3) is 6.10. The number of halogens is 1. The van der Waals surface area contributed by atoms with E-state index in [1.807, 2.05) is 58.0 Å². The molecule has 0 spiro atoms. The average molecular weight is 401 g/mol. The molecule has 0 aromatic heterocycles. The summed E-state index contributed by atoms with van der Waals surface area (Å²) in [4.78, 5) is 27.4. The second-order valence-electron chi connectivity index (χ2n) is 7.59. The van der Waals surface area contributed by atoms with Crippen LogP contribution in [-0.2, 0) is 22.6 Å². The molecular weight excluding hydrogens is 372 g/mol. The fourth-order valence-electron chi connectivity index (χ4n) is 3.03. The van der Waals surface area contributed by atoms with Gasteiger partial charge in [0, 0.05) is 17.6 Å². The van der Waals surface area contributed by atoms with E-state index in [4.69, 9.17) is 11.6 Å². The van der Waals surface area contributed by atoms with Crippen LogP contribution >= 0.6 is 11.6 Å². The Morgan fingerprint density at radius 3 is 2.29 bits per heavy atom. The fourth-order valence-corrected chi connectivity index (χ4v) is 3.16. The summed E-state index contributed by atoms with van der Waals surface area (Å²) in [5, 5.41) is 3.54. The van der Waals surface area contributed by atoms with E-state index in [0.717, 1.165) is 22.3 Å². The molecule has 1 N–H and O–H groups in total. The summed E-state index contributed by atoms with van der Waals surface area (Å²) < 4.78 is 0. The smallest absolute Gasteiger partial charge is 0.242 e. The standard InChI is InChI=1S/C23H29ClN2O2/c1-15(2)25-23(28)18(5)26(14-19-8-10-21(24)11-9-19)22(27)13-20-12-16(3)6-7-17(20)4/h6-12,15,18H,13-14H2,1-5H3,(H,25,28)/t18-/m1/s1. The first-order valence-corrected chi connectivity index (χ1v) is 9.95. The van der Waals surface area contributed by atoms with Crippen molar-refractivity contribution in [2.45, 2.75) is 59.7 Å². The van der Waals surface area contributed by atoms with Gasteiger partial charge >= 0.3 is 0 Å². The molecule has 0 heterocycles. The highest BCUT2D eigenvalue weighted by atomic mass is 35.5. The Balaban J connectivity index is 2.27. The molecule has 2 aromatic carbocycles. The summed E-state index contributed by atoms with van der Waals surface area (Å²) in [6.07, 6.45) is 0.264. The highest BCUT2D eigenvalue weighted by Crippen LogP contribution is 2.17. The van der Waals surface area contributed by atoms with Crippen LogP contribution in [0.25, 0.3) is 0 Å². The fraction of sp³-hybridized carbons (Fsp3) is 0.391. The second kappa shape index (κ2) is 9.74. The quantitative estimate of drug-likeness (QED) is 0.746. The molecule has 28 heavy (non-hydrogen) atoms. The van der Waals surface area contributed by atoms with E-state index in [1.165, 1.54) is 0 Å². The molecule has 0 aliphatic rings. The molecule has 0 fully saturated rings. The maximum atomic E-state index is 13.2. The van der Waals surface area contributed by atoms with E-state index in [2.05, 4.69) is 5.32 Å². The molecule has 2 amide bonds. The number of carbonyl (C=O) groups excluding carboxylic acids is 2. The lowest BCUT2D eigenvalue weighted by Gasteiger charge is -2.29. The number of nitrogens with zero attached hydrogens (tertiary/aromatic N) is 1. The number of benzene rings is 2. The van der Waals surface area contributed by atoms with Crippen LogP contribution in [0.1, 0.15) is 43.0 Å². The van der Waals surface area contributed by atoms with Crippen molar-refractivity contribution < 1.29 is 9.59 Å². The van der Waals surface area contributed by atoms with E-state index in [9.17, 15) is 9.59 Å². The first-order valence-electron chi connectivity index (χ1n) is 9.57. The minimum absolute atomic E-state index is 0.0152. The van der Waals surface area contributed by atoms with E-state index in [0.29, 0.717) is 11.6 Å². The number of rotatable bonds is 7. The molecular formula is C23H29ClN2O2. The molecule has 0 bridgehead atoms. The number of amides is 2. The maximum Gasteiger partial charge on any atom is 0.242 e. The Bertz CT molecular complexity index is 831. The van der Waals surface area contributed by atoms with Gasteiger partial charge in [-0.3, -0.25) is 9.59 Å². The first kappa shape index (κ1) is 22.0. The molecule has 2 rings (SSSR count). The maximum absolute atomic E-state index is 13.2. The van der Waals surface area contributed by atoms with Crippen LogP contribution < -0.4 is 5.32 Å². The van der Waals surface area contributed by atoms with Gasteiger partial charge < -0.3 is 10.2 Å². The minimum Gasteiger partial charge on any atom is -0.352 e. The zero-order chi connectivity index (χ0) is 20.8.